The number of carbonyl (C=O) groups is 1. The number of carbonyl (C=O) groups excluding carboxylic acids is 1. The molecule has 1 N–H and O–H groups in total. The quantitative estimate of drug-likeness (QED) is 0.639. The second kappa shape index (κ2) is 7.30. The van der Waals surface area contributed by atoms with Crippen molar-refractivity contribution in [3.05, 3.63) is 60.2 Å². The van der Waals surface area contributed by atoms with Crippen molar-refractivity contribution in [1.29, 1.82) is 0 Å². The number of allylic oxidation sites excluding steroid dienone is 1. The number of aromatic hydroxyl groups is 1. The van der Waals surface area contributed by atoms with Gasteiger partial charge in [-0.25, -0.2) is 4.79 Å². The number of phenols is 1. The molecule has 0 aliphatic carbocycles. The molecule has 0 bridgehead atoms. The number of phenolic OH excluding ortho intramolecular Hbond substituents is 1. The summed E-state index contributed by atoms with van der Waals surface area (Å²) in [7, 11) is 1.62. The number of rotatable bonds is 6. The van der Waals surface area contributed by atoms with Crippen LogP contribution in [0.2, 0.25) is 0 Å². The molecule has 1 unspecified atom stereocenters. The van der Waals surface area contributed by atoms with Gasteiger partial charge in [-0.1, -0.05) is 18.2 Å². The molecule has 1 heterocycles. The van der Waals surface area contributed by atoms with Gasteiger partial charge in [0, 0.05) is 12.0 Å². The Labute approximate surface area is 146 Å². The van der Waals surface area contributed by atoms with Gasteiger partial charge in [0.1, 0.15) is 24.2 Å². The minimum Gasteiger partial charge on any atom is -0.508 e. The molecule has 0 saturated carbocycles. The molecule has 1 atom stereocenters. The van der Waals surface area contributed by atoms with Crippen LogP contribution < -0.4 is 4.74 Å². The zero-order valence-electron chi connectivity index (χ0n) is 14.0. The Morgan fingerprint density at radius 1 is 1.32 bits per heavy atom. The summed E-state index contributed by atoms with van der Waals surface area (Å²) >= 11 is 0. The number of hydrogen-bond acceptors (Lipinski definition) is 5. The van der Waals surface area contributed by atoms with Crippen molar-refractivity contribution in [3.63, 3.8) is 0 Å². The van der Waals surface area contributed by atoms with Crippen LogP contribution in [0.4, 0.5) is 4.79 Å². The molecule has 1 aliphatic heterocycles. The van der Waals surface area contributed by atoms with Crippen LogP contribution in [0.15, 0.2) is 49.1 Å². The highest BCUT2D eigenvalue weighted by Gasteiger charge is 2.25. The molecule has 5 heteroatoms. The van der Waals surface area contributed by atoms with Crippen LogP contribution in [0.3, 0.4) is 0 Å². The van der Waals surface area contributed by atoms with E-state index in [1.54, 1.807) is 19.3 Å². The van der Waals surface area contributed by atoms with Crippen LogP contribution in [0.5, 0.6) is 11.5 Å². The van der Waals surface area contributed by atoms with Gasteiger partial charge in [-0.05, 0) is 47.4 Å². The number of hydrogen-bond donors (Lipinski definition) is 1. The van der Waals surface area contributed by atoms with E-state index in [2.05, 4.69) is 6.58 Å². The first-order valence-electron chi connectivity index (χ1n) is 8.04. The molecule has 1 saturated heterocycles. The van der Waals surface area contributed by atoms with Gasteiger partial charge in [0.05, 0.1) is 7.11 Å². The molecule has 25 heavy (non-hydrogen) atoms. The summed E-state index contributed by atoms with van der Waals surface area (Å²) in [5, 5.41) is 9.97. The lowest BCUT2D eigenvalue weighted by Gasteiger charge is -2.14. The van der Waals surface area contributed by atoms with Crippen molar-refractivity contribution in [2.75, 3.05) is 13.7 Å². The molecule has 1 fully saturated rings. The van der Waals surface area contributed by atoms with E-state index in [0.29, 0.717) is 12.8 Å². The summed E-state index contributed by atoms with van der Waals surface area (Å²) < 4.78 is 15.4. The third-order valence-corrected chi connectivity index (χ3v) is 4.13. The largest absolute Gasteiger partial charge is 0.508 e. The predicted molar refractivity (Wildman–Crippen MR) is 93.9 cm³/mol. The van der Waals surface area contributed by atoms with E-state index in [1.165, 1.54) is 0 Å². The maximum atomic E-state index is 11.1. The molecular formula is C20H20O5. The Balaban J connectivity index is 1.93. The molecule has 0 radical (unpaired) electrons. The van der Waals surface area contributed by atoms with Crippen LogP contribution in [0.25, 0.3) is 11.1 Å². The number of ether oxygens (including phenoxy) is 3. The Morgan fingerprint density at radius 3 is 2.84 bits per heavy atom. The molecule has 0 aromatic heterocycles. The standard InChI is InChI=1S/C20H20O5/c1-3-4-15-11-14(6-7-18(15)21)17-10-13(5-8-19(17)23-2)9-16-12-24-20(22)25-16/h3,5-8,10-11,16,21H,1,4,9,12H2,2H3. The Bertz CT molecular complexity index is 797. The van der Waals surface area contributed by atoms with Crippen LogP contribution >= 0.6 is 0 Å². The van der Waals surface area contributed by atoms with Crippen molar-refractivity contribution in [3.8, 4) is 22.6 Å². The number of cyclic esters (lactones) is 2. The van der Waals surface area contributed by atoms with Crippen molar-refractivity contribution in [1.82, 2.24) is 0 Å². The van der Waals surface area contributed by atoms with Crippen LogP contribution in [0.1, 0.15) is 11.1 Å². The lowest BCUT2D eigenvalue weighted by atomic mass is 9.97. The lowest BCUT2D eigenvalue weighted by Crippen LogP contribution is -2.13. The molecule has 2 aromatic carbocycles. The fourth-order valence-electron chi connectivity index (χ4n) is 2.91. The SMILES string of the molecule is C=CCc1cc(-c2cc(CC3COC(=O)O3)ccc2OC)ccc1O. The monoisotopic (exact) mass is 340 g/mol. The Hall–Kier alpha value is -2.95. The first kappa shape index (κ1) is 16.9. The topological polar surface area (TPSA) is 65.0 Å². The number of benzene rings is 2. The highest BCUT2D eigenvalue weighted by Crippen LogP contribution is 2.34. The summed E-state index contributed by atoms with van der Waals surface area (Å²) in [6.45, 7) is 3.99. The first-order valence-corrected chi connectivity index (χ1v) is 8.04. The molecule has 1 aliphatic rings. The van der Waals surface area contributed by atoms with E-state index in [4.69, 9.17) is 14.2 Å². The average Bonchev–Trinajstić information content (AvgIpc) is 3.02. The predicted octanol–water partition coefficient (Wildman–Crippen LogP) is 3.87. The van der Waals surface area contributed by atoms with E-state index in [9.17, 15) is 9.90 Å². The molecule has 0 spiro atoms. The lowest BCUT2D eigenvalue weighted by molar-refractivity contribution is 0.118. The van der Waals surface area contributed by atoms with Crippen molar-refractivity contribution < 1.29 is 24.1 Å². The molecule has 130 valence electrons. The highest BCUT2D eigenvalue weighted by molar-refractivity contribution is 5.73. The third kappa shape index (κ3) is 3.76. The van der Waals surface area contributed by atoms with Gasteiger partial charge in [0.15, 0.2) is 0 Å². The maximum Gasteiger partial charge on any atom is 0.508 e. The summed E-state index contributed by atoms with van der Waals surface area (Å²) in [6.07, 6.45) is 2.01. The first-order chi connectivity index (χ1) is 12.1. The van der Waals surface area contributed by atoms with Gasteiger partial charge in [0.2, 0.25) is 0 Å². The fraction of sp³-hybridized carbons (Fsp3) is 0.250. The summed E-state index contributed by atoms with van der Waals surface area (Å²) in [5.74, 6) is 0.979. The summed E-state index contributed by atoms with van der Waals surface area (Å²) in [4.78, 5) is 11.1. The smallest absolute Gasteiger partial charge is 0.508 e. The molecule has 2 aromatic rings. The zero-order valence-corrected chi connectivity index (χ0v) is 14.0. The van der Waals surface area contributed by atoms with Crippen molar-refractivity contribution in [2.24, 2.45) is 0 Å². The average molecular weight is 340 g/mol. The molecule has 5 nitrogen and oxygen atoms in total. The van der Waals surface area contributed by atoms with Crippen molar-refractivity contribution >= 4 is 6.16 Å². The number of methoxy groups -OCH3 is 1. The second-order valence-corrected chi connectivity index (χ2v) is 5.88. The maximum absolute atomic E-state index is 11.1. The fourth-order valence-corrected chi connectivity index (χ4v) is 2.91. The Kier molecular flexibility index (Phi) is 4.93. The van der Waals surface area contributed by atoms with Gasteiger partial charge in [-0.2, -0.15) is 0 Å². The van der Waals surface area contributed by atoms with Crippen LogP contribution in [0, 0.1) is 0 Å². The van der Waals surface area contributed by atoms with Gasteiger partial charge in [-0.3, -0.25) is 0 Å². The van der Waals surface area contributed by atoms with Gasteiger partial charge >= 0.3 is 6.16 Å². The second-order valence-electron chi connectivity index (χ2n) is 5.88. The van der Waals surface area contributed by atoms with Crippen LogP contribution in [-0.4, -0.2) is 31.1 Å². The Morgan fingerprint density at radius 2 is 2.16 bits per heavy atom. The highest BCUT2D eigenvalue weighted by atomic mass is 16.8. The normalized spacial score (nSPS) is 16.2. The minimum atomic E-state index is -0.619. The van der Waals surface area contributed by atoms with E-state index in [0.717, 1.165) is 28.0 Å². The van der Waals surface area contributed by atoms with E-state index < -0.39 is 6.16 Å². The van der Waals surface area contributed by atoms with Gasteiger partial charge < -0.3 is 19.3 Å². The molecule has 0 amide bonds. The third-order valence-electron chi connectivity index (χ3n) is 4.13. The van der Waals surface area contributed by atoms with Crippen LogP contribution in [-0.2, 0) is 22.3 Å². The summed E-state index contributed by atoms with van der Waals surface area (Å²) in [6, 6.07) is 11.3. The van der Waals surface area contributed by atoms with E-state index in [-0.39, 0.29) is 18.5 Å². The van der Waals surface area contributed by atoms with Gasteiger partial charge in [0.25, 0.3) is 0 Å². The zero-order chi connectivity index (χ0) is 17.8. The van der Waals surface area contributed by atoms with E-state index >= 15 is 0 Å². The minimum absolute atomic E-state index is 0.244. The van der Waals surface area contributed by atoms with Crippen molar-refractivity contribution in [2.45, 2.75) is 18.9 Å². The molecular weight excluding hydrogens is 320 g/mol. The van der Waals surface area contributed by atoms with Gasteiger partial charge in [-0.15, -0.1) is 6.58 Å². The summed E-state index contributed by atoms with van der Waals surface area (Å²) in [5.41, 5.74) is 3.67. The van der Waals surface area contributed by atoms with E-state index in [1.807, 2.05) is 30.3 Å². The molecule has 3 rings (SSSR count).